The lowest BCUT2D eigenvalue weighted by atomic mass is 10.1. The molecule has 172 valence electrons. The number of esters is 1. The minimum Gasteiger partial charge on any atom is -0.457 e. The number of hydrogen-bond donors (Lipinski definition) is 0. The molecule has 2 heterocycles. The number of rotatable bonds is 7. The van der Waals surface area contributed by atoms with Gasteiger partial charge in [0.25, 0.3) is 0 Å². The highest BCUT2D eigenvalue weighted by Gasteiger charge is 2.40. The van der Waals surface area contributed by atoms with Crippen LogP contribution in [0.2, 0.25) is 0 Å². The standard InChI is InChI=1S/C23H28N2O6S/c1-15-11-20(15)23(27)31-14-22(26)21-12-16(2)25(17(21)3)18-5-4-6-19(13-18)32(28,29)24-7-9-30-10-8-24/h4-6,12-13,15,20H,7-11,14H2,1-3H3/t15-,20-/m1/s1. The van der Waals surface area contributed by atoms with E-state index in [4.69, 9.17) is 9.47 Å². The lowest BCUT2D eigenvalue weighted by Crippen LogP contribution is -2.40. The van der Waals surface area contributed by atoms with Crippen LogP contribution in [-0.4, -0.2) is 62.0 Å². The smallest absolute Gasteiger partial charge is 0.309 e. The predicted octanol–water partition coefficient (Wildman–Crippen LogP) is 2.50. The van der Waals surface area contributed by atoms with Crippen LogP contribution in [0.3, 0.4) is 0 Å². The average molecular weight is 461 g/mol. The summed E-state index contributed by atoms with van der Waals surface area (Å²) in [6.45, 7) is 6.75. The number of ketones is 1. The lowest BCUT2D eigenvalue weighted by molar-refractivity contribution is -0.144. The second kappa shape index (κ2) is 8.80. The van der Waals surface area contributed by atoms with Crippen LogP contribution < -0.4 is 0 Å². The fourth-order valence-electron chi connectivity index (χ4n) is 4.13. The first-order valence-corrected chi connectivity index (χ1v) is 12.2. The van der Waals surface area contributed by atoms with Gasteiger partial charge in [0.05, 0.1) is 24.0 Å². The summed E-state index contributed by atoms with van der Waals surface area (Å²) in [5.74, 6) is -0.362. The van der Waals surface area contributed by atoms with Gasteiger partial charge in [0.1, 0.15) is 0 Å². The molecule has 0 radical (unpaired) electrons. The van der Waals surface area contributed by atoms with Crippen molar-refractivity contribution in [2.24, 2.45) is 11.8 Å². The Morgan fingerprint density at radius 2 is 1.84 bits per heavy atom. The van der Waals surface area contributed by atoms with E-state index < -0.39 is 10.0 Å². The maximum absolute atomic E-state index is 13.0. The number of nitrogens with zero attached hydrogens (tertiary/aromatic N) is 2. The minimum atomic E-state index is -3.64. The van der Waals surface area contributed by atoms with Gasteiger partial charge in [-0.25, -0.2) is 8.42 Å². The van der Waals surface area contributed by atoms with E-state index in [1.165, 1.54) is 4.31 Å². The predicted molar refractivity (Wildman–Crippen MR) is 117 cm³/mol. The number of benzene rings is 1. The summed E-state index contributed by atoms with van der Waals surface area (Å²) < 4.78 is 39.8. The number of sulfonamides is 1. The van der Waals surface area contributed by atoms with E-state index >= 15 is 0 Å². The minimum absolute atomic E-state index is 0.0913. The van der Waals surface area contributed by atoms with Gasteiger partial charge in [-0.1, -0.05) is 13.0 Å². The molecule has 1 aliphatic carbocycles. The number of aromatic nitrogens is 1. The zero-order valence-corrected chi connectivity index (χ0v) is 19.4. The molecule has 0 spiro atoms. The van der Waals surface area contributed by atoms with E-state index in [-0.39, 0.29) is 29.2 Å². The highest BCUT2D eigenvalue weighted by molar-refractivity contribution is 7.89. The Kier molecular flexibility index (Phi) is 6.24. The van der Waals surface area contributed by atoms with Crippen LogP contribution in [-0.2, 0) is 24.3 Å². The summed E-state index contributed by atoms with van der Waals surface area (Å²) >= 11 is 0. The second-order valence-corrected chi connectivity index (χ2v) is 10.4. The Morgan fingerprint density at radius 1 is 1.16 bits per heavy atom. The molecule has 1 aromatic carbocycles. The number of morpholine rings is 1. The van der Waals surface area contributed by atoms with Gasteiger partial charge < -0.3 is 14.0 Å². The summed E-state index contributed by atoms with van der Waals surface area (Å²) in [6.07, 6.45) is 0.811. The van der Waals surface area contributed by atoms with Crippen molar-refractivity contribution in [3.63, 3.8) is 0 Å². The molecular weight excluding hydrogens is 432 g/mol. The lowest BCUT2D eigenvalue weighted by Gasteiger charge is -2.26. The number of ether oxygens (including phenoxy) is 2. The number of carbonyl (C=O) groups excluding carboxylic acids is 2. The molecule has 0 unspecified atom stereocenters. The summed E-state index contributed by atoms with van der Waals surface area (Å²) in [5.41, 5.74) is 2.57. The van der Waals surface area contributed by atoms with Gasteiger partial charge in [-0.15, -0.1) is 0 Å². The van der Waals surface area contributed by atoms with Gasteiger partial charge in [-0.3, -0.25) is 9.59 Å². The van der Waals surface area contributed by atoms with Crippen molar-refractivity contribution in [1.29, 1.82) is 0 Å². The van der Waals surface area contributed by atoms with Crippen LogP contribution >= 0.6 is 0 Å². The van der Waals surface area contributed by atoms with Crippen LogP contribution in [0.15, 0.2) is 35.2 Å². The number of Topliss-reactive ketones (excluding diaryl/α,β-unsaturated/α-hetero) is 1. The monoisotopic (exact) mass is 460 g/mol. The van der Waals surface area contributed by atoms with E-state index in [2.05, 4.69) is 0 Å². The molecule has 0 N–H and O–H groups in total. The second-order valence-electron chi connectivity index (χ2n) is 8.48. The third-order valence-electron chi connectivity index (χ3n) is 6.17. The molecule has 0 amide bonds. The van der Waals surface area contributed by atoms with Crippen LogP contribution in [0.25, 0.3) is 5.69 Å². The first-order valence-electron chi connectivity index (χ1n) is 10.8. The maximum Gasteiger partial charge on any atom is 0.309 e. The maximum atomic E-state index is 13.0. The zero-order chi connectivity index (χ0) is 23.0. The van der Waals surface area contributed by atoms with Crippen molar-refractivity contribution in [2.45, 2.75) is 32.1 Å². The Hall–Kier alpha value is -2.49. The molecule has 1 aliphatic heterocycles. The van der Waals surface area contributed by atoms with Gasteiger partial charge in [-0.2, -0.15) is 4.31 Å². The molecule has 2 aliphatic rings. The summed E-state index contributed by atoms with van der Waals surface area (Å²) in [7, 11) is -3.64. The molecule has 32 heavy (non-hydrogen) atoms. The van der Waals surface area contributed by atoms with Gasteiger partial charge in [-0.05, 0) is 50.5 Å². The molecule has 4 rings (SSSR count). The Bertz CT molecular complexity index is 1150. The molecule has 8 nitrogen and oxygen atoms in total. The van der Waals surface area contributed by atoms with Gasteiger partial charge in [0.2, 0.25) is 15.8 Å². The van der Waals surface area contributed by atoms with E-state index in [0.29, 0.717) is 49.2 Å². The van der Waals surface area contributed by atoms with Crippen molar-refractivity contribution in [2.75, 3.05) is 32.9 Å². The van der Waals surface area contributed by atoms with E-state index in [1.807, 2.05) is 18.4 Å². The first kappa shape index (κ1) is 22.7. The number of carbonyl (C=O) groups is 2. The molecule has 1 saturated heterocycles. The van der Waals surface area contributed by atoms with E-state index in [9.17, 15) is 18.0 Å². The molecule has 0 bridgehead atoms. The molecule has 2 fully saturated rings. The molecule has 1 aromatic heterocycles. The molecular formula is C23H28N2O6S. The van der Waals surface area contributed by atoms with Crippen molar-refractivity contribution in [3.05, 3.63) is 47.3 Å². The fraction of sp³-hybridized carbons (Fsp3) is 0.478. The van der Waals surface area contributed by atoms with Crippen LogP contribution in [0.1, 0.15) is 35.1 Å². The van der Waals surface area contributed by atoms with Crippen LogP contribution in [0.5, 0.6) is 0 Å². The van der Waals surface area contributed by atoms with Crippen LogP contribution in [0, 0.1) is 25.7 Å². The Morgan fingerprint density at radius 3 is 2.50 bits per heavy atom. The Labute approximate surface area is 188 Å². The van der Waals surface area contributed by atoms with Crippen molar-refractivity contribution >= 4 is 21.8 Å². The van der Waals surface area contributed by atoms with E-state index in [0.717, 1.165) is 12.1 Å². The third kappa shape index (κ3) is 4.37. The molecule has 1 saturated carbocycles. The average Bonchev–Trinajstić information content (AvgIpc) is 3.45. The topological polar surface area (TPSA) is 94.9 Å². The van der Waals surface area contributed by atoms with Gasteiger partial charge >= 0.3 is 5.97 Å². The van der Waals surface area contributed by atoms with E-state index in [1.54, 1.807) is 37.3 Å². The quantitative estimate of drug-likeness (QED) is 0.465. The van der Waals surface area contributed by atoms with Gasteiger partial charge in [0, 0.05) is 35.7 Å². The normalized spacial score (nSPS) is 21.3. The third-order valence-corrected chi connectivity index (χ3v) is 8.07. The molecule has 2 atom stereocenters. The Balaban J connectivity index is 1.56. The van der Waals surface area contributed by atoms with Crippen molar-refractivity contribution in [3.8, 4) is 5.69 Å². The number of aryl methyl sites for hydroxylation is 1. The molecule has 2 aromatic rings. The largest absolute Gasteiger partial charge is 0.457 e. The van der Waals surface area contributed by atoms with Crippen molar-refractivity contribution in [1.82, 2.24) is 8.87 Å². The number of hydrogen-bond acceptors (Lipinski definition) is 6. The SMILES string of the molecule is Cc1cc(C(=O)COC(=O)[C@@H]2C[C@H]2C)c(C)n1-c1cccc(S(=O)(=O)N2CCOCC2)c1. The first-order chi connectivity index (χ1) is 15.2. The molecule has 9 heteroatoms. The van der Waals surface area contributed by atoms with Crippen molar-refractivity contribution < 1.29 is 27.5 Å². The highest BCUT2D eigenvalue weighted by Crippen LogP contribution is 2.38. The summed E-state index contributed by atoms with van der Waals surface area (Å²) in [4.78, 5) is 24.9. The van der Waals surface area contributed by atoms with Crippen LogP contribution in [0.4, 0.5) is 0 Å². The summed E-state index contributed by atoms with van der Waals surface area (Å²) in [6, 6.07) is 8.44. The summed E-state index contributed by atoms with van der Waals surface area (Å²) in [5, 5.41) is 0. The highest BCUT2D eigenvalue weighted by atomic mass is 32.2. The zero-order valence-electron chi connectivity index (χ0n) is 18.5. The van der Waals surface area contributed by atoms with Gasteiger partial charge in [0.15, 0.2) is 6.61 Å². The fourth-order valence-corrected chi connectivity index (χ4v) is 5.58.